The first-order valence-corrected chi connectivity index (χ1v) is 8.97. The van der Waals surface area contributed by atoms with Crippen LogP contribution in [0.15, 0.2) is 18.2 Å². The van der Waals surface area contributed by atoms with Crippen molar-refractivity contribution in [1.82, 2.24) is 9.80 Å². The Morgan fingerprint density at radius 3 is 2.54 bits per heavy atom. The fourth-order valence-electron chi connectivity index (χ4n) is 5.08. The van der Waals surface area contributed by atoms with E-state index in [1.54, 1.807) is 12.1 Å². The number of carbonyl (C=O) groups excluding carboxylic acids is 1. The summed E-state index contributed by atoms with van der Waals surface area (Å²) in [5.74, 6) is -1.13. The molecule has 130 valence electrons. The number of piperidine rings is 3. The smallest absolute Gasteiger partial charge is 0.225 e. The molecular weight excluding hydrogens is 310 g/mol. The van der Waals surface area contributed by atoms with Crippen molar-refractivity contribution in [3.63, 3.8) is 0 Å². The molecule has 4 fully saturated rings. The molecule has 0 radical (unpaired) electrons. The zero-order valence-corrected chi connectivity index (χ0v) is 14.2. The second kappa shape index (κ2) is 5.80. The van der Waals surface area contributed by atoms with E-state index in [0.29, 0.717) is 18.0 Å². The summed E-state index contributed by atoms with van der Waals surface area (Å²) in [7, 11) is 0. The lowest BCUT2D eigenvalue weighted by molar-refractivity contribution is -0.139. The minimum atomic E-state index is -0.798. The molecule has 0 saturated carbocycles. The van der Waals surface area contributed by atoms with Crippen LogP contribution in [-0.2, 0) is 4.79 Å². The van der Waals surface area contributed by atoms with Crippen LogP contribution in [0.1, 0.15) is 38.2 Å². The molecule has 1 amide bonds. The van der Waals surface area contributed by atoms with E-state index in [0.717, 1.165) is 32.0 Å². The molecule has 1 aromatic carbocycles. The van der Waals surface area contributed by atoms with Gasteiger partial charge in [0.1, 0.15) is 0 Å². The van der Waals surface area contributed by atoms with Gasteiger partial charge in [0.05, 0.1) is 6.04 Å². The van der Waals surface area contributed by atoms with Gasteiger partial charge in [-0.15, -0.1) is 0 Å². The Balaban J connectivity index is 1.75. The van der Waals surface area contributed by atoms with E-state index in [1.807, 2.05) is 18.7 Å². The summed E-state index contributed by atoms with van der Waals surface area (Å²) in [6.45, 7) is 6.33. The summed E-state index contributed by atoms with van der Waals surface area (Å²) < 4.78 is 28.2. The number of likely N-dealkylation sites (tertiary alicyclic amines) is 1. The Labute approximate surface area is 141 Å². The third-order valence-electron chi connectivity index (χ3n) is 6.15. The molecule has 0 aromatic heterocycles. The first kappa shape index (κ1) is 16.0. The molecule has 0 N–H and O–H groups in total. The maximum absolute atomic E-state index is 14.4. The predicted octanol–water partition coefficient (Wildman–Crippen LogP) is 3.01. The highest BCUT2D eigenvalue weighted by Gasteiger charge is 2.55. The maximum atomic E-state index is 14.4. The van der Waals surface area contributed by atoms with Crippen molar-refractivity contribution < 1.29 is 13.6 Å². The summed E-state index contributed by atoms with van der Waals surface area (Å²) in [6, 6.07) is 4.70. The SMILES string of the molecule is CC(C)C(=O)N1C[C@H](c2cccc(F)c2F)[C@@H]2[C@H]1C1CCN2CC1. The fourth-order valence-corrected chi connectivity index (χ4v) is 5.08. The van der Waals surface area contributed by atoms with Crippen LogP contribution in [0.2, 0.25) is 0 Å². The average molecular weight is 334 g/mol. The highest BCUT2D eigenvalue weighted by atomic mass is 19.2. The first-order chi connectivity index (χ1) is 11.5. The van der Waals surface area contributed by atoms with E-state index in [1.165, 1.54) is 0 Å². The zero-order valence-electron chi connectivity index (χ0n) is 14.2. The average Bonchev–Trinajstić information content (AvgIpc) is 3.00. The van der Waals surface area contributed by atoms with Gasteiger partial charge in [-0.1, -0.05) is 26.0 Å². The Kier molecular flexibility index (Phi) is 3.87. The van der Waals surface area contributed by atoms with Crippen LogP contribution >= 0.6 is 0 Å². The molecule has 3 nitrogen and oxygen atoms in total. The molecule has 0 spiro atoms. The van der Waals surface area contributed by atoms with Crippen LogP contribution < -0.4 is 0 Å². The highest BCUT2D eigenvalue weighted by molar-refractivity contribution is 5.79. The summed E-state index contributed by atoms with van der Waals surface area (Å²) in [6.07, 6.45) is 2.20. The molecule has 0 unspecified atom stereocenters. The molecule has 4 aliphatic rings. The number of rotatable bonds is 2. The molecule has 5 heteroatoms. The van der Waals surface area contributed by atoms with Gasteiger partial charge in [0.25, 0.3) is 0 Å². The summed E-state index contributed by atoms with van der Waals surface area (Å²) in [4.78, 5) is 17.1. The topological polar surface area (TPSA) is 23.6 Å². The van der Waals surface area contributed by atoms with E-state index in [9.17, 15) is 13.6 Å². The van der Waals surface area contributed by atoms with Crippen molar-refractivity contribution in [3.05, 3.63) is 35.4 Å². The molecule has 1 aromatic rings. The van der Waals surface area contributed by atoms with Crippen molar-refractivity contribution in [2.75, 3.05) is 19.6 Å². The lowest BCUT2D eigenvalue weighted by Crippen LogP contribution is -2.61. The van der Waals surface area contributed by atoms with Crippen molar-refractivity contribution in [2.45, 2.75) is 44.7 Å². The number of nitrogens with zero attached hydrogens (tertiary/aromatic N) is 2. The minimum absolute atomic E-state index is 0.0720. The number of fused-ring (bicyclic) bond motifs is 2. The Bertz CT molecular complexity index is 655. The number of benzene rings is 1. The third-order valence-corrected chi connectivity index (χ3v) is 6.15. The van der Waals surface area contributed by atoms with Gasteiger partial charge in [-0.3, -0.25) is 9.69 Å². The normalized spacial score (nSPS) is 34.7. The number of amides is 1. The molecule has 2 bridgehead atoms. The second-order valence-electron chi connectivity index (χ2n) is 7.75. The van der Waals surface area contributed by atoms with Crippen molar-refractivity contribution >= 4 is 5.91 Å². The van der Waals surface area contributed by atoms with Gasteiger partial charge in [-0.05, 0) is 43.5 Å². The van der Waals surface area contributed by atoms with E-state index in [-0.39, 0.29) is 29.8 Å². The van der Waals surface area contributed by atoms with E-state index >= 15 is 0 Å². The number of hydrogen-bond acceptors (Lipinski definition) is 2. The van der Waals surface area contributed by atoms with Gasteiger partial charge in [-0.25, -0.2) is 8.78 Å². The Hall–Kier alpha value is -1.49. The van der Waals surface area contributed by atoms with Crippen molar-refractivity contribution in [3.8, 4) is 0 Å². The van der Waals surface area contributed by atoms with Gasteiger partial charge >= 0.3 is 0 Å². The Morgan fingerprint density at radius 2 is 1.88 bits per heavy atom. The van der Waals surface area contributed by atoms with Crippen molar-refractivity contribution in [1.29, 1.82) is 0 Å². The Morgan fingerprint density at radius 1 is 1.17 bits per heavy atom. The largest absolute Gasteiger partial charge is 0.337 e. The van der Waals surface area contributed by atoms with E-state index < -0.39 is 11.6 Å². The molecule has 5 rings (SSSR count). The first-order valence-electron chi connectivity index (χ1n) is 8.97. The number of carbonyl (C=O) groups is 1. The van der Waals surface area contributed by atoms with Gasteiger partial charge in [0.15, 0.2) is 11.6 Å². The van der Waals surface area contributed by atoms with Crippen LogP contribution in [0, 0.1) is 23.5 Å². The molecule has 4 heterocycles. The minimum Gasteiger partial charge on any atom is -0.337 e. The predicted molar refractivity (Wildman–Crippen MR) is 87.5 cm³/mol. The summed E-state index contributed by atoms with van der Waals surface area (Å²) >= 11 is 0. The van der Waals surface area contributed by atoms with Gasteiger partial charge in [0.2, 0.25) is 5.91 Å². The molecule has 4 saturated heterocycles. The summed E-state index contributed by atoms with van der Waals surface area (Å²) in [5.41, 5.74) is 0.427. The summed E-state index contributed by atoms with van der Waals surface area (Å²) in [5, 5.41) is 0. The molecule has 0 aliphatic carbocycles. The van der Waals surface area contributed by atoms with Gasteiger partial charge in [0, 0.05) is 24.4 Å². The van der Waals surface area contributed by atoms with Crippen molar-refractivity contribution in [2.24, 2.45) is 11.8 Å². The van der Waals surface area contributed by atoms with E-state index in [4.69, 9.17) is 0 Å². The van der Waals surface area contributed by atoms with Crippen LogP contribution in [0.5, 0.6) is 0 Å². The number of hydrogen-bond donors (Lipinski definition) is 0. The monoisotopic (exact) mass is 334 g/mol. The zero-order chi connectivity index (χ0) is 17.0. The second-order valence-corrected chi connectivity index (χ2v) is 7.75. The van der Waals surface area contributed by atoms with Crippen LogP contribution in [0.25, 0.3) is 0 Å². The van der Waals surface area contributed by atoms with Crippen LogP contribution in [0.4, 0.5) is 8.78 Å². The maximum Gasteiger partial charge on any atom is 0.225 e. The van der Waals surface area contributed by atoms with Crippen LogP contribution in [0.3, 0.4) is 0 Å². The lowest BCUT2D eigenvalue weighted by atomic mass is 9.75. The molecular formula is C19H24F2N2O. The fraction of sp³-hybridized carbons (Fsp3) is 0.632. The van der Waals surface area contributed by atoms with Gasteiger partial charge < -0.3 is 4.90 Å². The van der Waals surface area contributed by atoms with Crippen LogP contribution in [-0.4, -0.2) is 47.4 Å². The molecule has 4 aliphatic heterocycles. The number of halogens is 2. The standard InChI is InChI=1S/C19H24F2N2O/c1-11(2)19(24)23-10-14(13-4-3-5-15(20)16(13)21)18-17(23)12-6-8-22(18)9-7-12/h3-5,11-12,14,17-18H,6-10H2,1-2H3/t14-,17-,18-/m1/s1. The molecule has 3 atom stereocenters. The highest BCUT2D eigenvalue weighted by Crippen LogP contribution is 2.47. The molecule has 24 heavy (non-hydrogen) atoms. The lowest BCUT2D eigenvalue weighted by Gasteiger charge is -2.51. The third kappa shape index (κ3) is 2.28. The quantitative estimate of drug-likeness (QED) is 0.830. The van der Waals surface area contributed by atoms with E-state index in [2.05, 4.69) is 4.90 Å². The van der Waals surface area contributed by atoms with Gasteiger partial charge in [-0.2, -0.15) is 0 Å².